The molecular weight excluding hydrogens is 354 g/mol. The van der Waals surface area contributed by atoms with Crippen LogP contribution in [0.4, 0.5) is 5.82 Å². The van der Waals surface area contributed by atoms with Crippen LogP contribution < -0.4 is 21.9 Å². The highest BCUT2D eigenvalue weighted by atomic mass is 16.2. The summed E-state index contributed by atoms with van der Waals surface area (Å²) in [5.74, 6) is 0.655. The fourth-order valence-electron chi connectivity index (χ4n) is 4.16. The number of nitrogens with one attached hydrogen (secondary N) is 2. The Bertz CT molecular complexity index is 730. The molecule has 2 N–H and O–H groups in total. The van der Waals surface area contributed by atoms with Crippen molar-refractivity contribution in [2.45, 2.75) is 92.0 Å². The Hall–Kier alpha value is -1.60. The first kappa shape index (κ1) is 22.7. The predicted octanol–water partition coefficient (Wildman–Crippen LogP) is 2.36. The fourth-order valence-corrected chi connectivity index (χ4v) is 4.16. The van der Waals surface area contributed by atoms with Crippen LogP contribution in [0.3, 0.4) is 0 Å². The van der Waals surface area contributed by atoms with Gasteiger partial charge in [-0.1, -0.05) is 33.1 Å². The molecule has 7 heteroatoms. The molecule has 0 spiro atoms. The van der Waals surface area contributed by atoms with Crippen LogP contribution in [0.5, 0.6) is 0 Å². The van der Waals surface area contributed by atoms with Gasteiger partial charge in [0.1, 0.15) is 5.82 Å². The minimum atomic E-state index is -0.224. The molecule has 1 aliphatic rings. The van der Waals surface area contributed by atoms with Crippen molar-refractivity contribution in [2.75, 3.05) is 25.0 Å². The number of likely N-dealkylation sites (N-methyl/N-ethyl adjacent to an activating group) is 1. The molecule has 0 aromatic carbocycles. The predicted molar refractivity (Wildman–Crippen MR) is 116 cm³/mol. The average molecular weight is 394 g/mol. The molecule has 0 aliphatic heterocycles. The zero-order valence-corrected chi connectivity index (χ0v) is 18.4. The summed E-state index contributed by atoms with van der Waals surface area (Å²) in [5, 5.41) is 7.07. The Balaban J connectivity index is 2.29. The van der Waals surface area contributed by atoms with E-state index < -0.39 is 0 Å². The minimum Gasteiger partial charge on any atom is -0.356 e. The van der Waals surface area contributed by atoms with Crippen molar-refractivity contribution in [1.82, 2.24) is 19.4 Å². The Kier molecular flexibility index (Phi) is 8.76. The second kappa shape index (κ2) is 10.8. The molecule has 1 aliphatic carbocycles. The molecular formula is C21H39N5O2. The maximum absolute atomic E-state index is 13.0. The van der Waals surface area contributed by atoms with Crippen LogP contribution in [-0.4, -0.2) is 45.9 Å². The topological polar surface area (TPSA) is 71.3 Å². The molecule has 1 fully saturated rings. The van der Waals surface area contributed by atoms with E-state index in [0.29, 0.717) is 30.5 Å². The maximum atomic E-state index is 13.0. The van der Waals surface area contributed by atoms with Crippen LogP contribution in [-0.2, 0) is 13.1 Å². The first-order valence-corrected chi connectivity index (χ1v) is 11.0. The third-order valence-corrected chi connectivity index (χ3v) is 5.95. The smallest absolute Gasteiger partial charge is 0.332 e. The fraction of sp³-hybridized carbons (Fsp3) is 0.810. The Morgan fingerprint density at radius 3 is 2.29 bits per heavy atom. The average Bonchev–Trinajstić information content (AvgIpc) is 2.69. The Morgan fingerprint density at radius 1 is 1.07 bits per heavy atom. The molecule has 160 valence electrons. The van der Waals surface area contributed by atoms with E-state index >= 15 is 0 Å². The SMILES string of the molecule is CCN(CC)CCn1c(NC(C)NC2CCCCC2)c(C)c(=O)n(CC)c1=O. The van der Waals surface area contributed by atoms with Crippen LogP contribution in [0.25, 0.3) is 0 Å². The number of rotatable bonds is 10. The van der Waals surface area contributed by atoms with E-state index in [-0.39, 0.29) is 17.4 Å². The van der Waals surface area contributed by atoms with Gasteiger partial charge >= 0.3 is 5.69 Å². The highest BCUT2D eigenvalue weighted by molar-refractivity contribution is 5.43. The van der Waals surface area contributed by atoms with Gasteiger partial charge in [-0.2, -0.15) is 0 Å². The van der Waals surface area contributed by atoms with Crippen molar-refractivity contribution in [3.63, 3.8) is 0 Å². The van der Waals surface area contributed by atoms with Gasteiger partial charge in [0.15, 0.2) is 0 Å². The van der Waals surface area contributed by atoms with Gasteiger partial charge in [-0.05, 0) is 46.7 Å². The monoisotopic (exact) mass is 393 g/mol. The Labute approximate surface area is 169 Å². The molecule has 1 atom stereocenters. The molecule has 7 nitrogen and oxygen atoms in total. The highest BCUT2D eigenvalue weighted by Crippen LogP contribution is 2.18. The van der Waals surface area contributed by atoms with Gasteiger partial charge in [-0.3, -0.25) is 19.2 Å². The molecule has 0 amide bonds. The number of nitrogens with zero attached hydrogens (tertiary/aromatic N) is 3. The van der Waals surface area contributed by atoms with Crippen LogP contribution in [0.1, 0.15) is 65.4 Å². The van der Waals surface area contributed by atoms with E-state index in [1.807, 2.05) is 13.8 Å². The van der Waals surface area contributed by atoms with Crippen molar-refractivity contribution in [1.29, 1.82) is 0 Å². The molecule has 1 aromatic heterocycles. The largest absolute Gasteiger partial charge is 0.356 e. The zero-order valence-electron chi connectivity index (χ0n) is 18.4. The first-order chi connectivity index (χ1) is 13.4. The lowest BCUT2D eigenvalue weighted by molar-refractivity contribution is 0.287. The standard InChI is InChI=1S/C21H39N5O2/c1-6-24(7-2)14-15-26-19(16(4)20(27)25(8-3)21(26)28)23-17(5)22-18-12-10-9-11-13-18/h17-18,22-23H,6-15H2,1-5H3. The number of aromatic nitrogens is 2. The van der Waals surface area contributed by atoms with Gasteiger partial charge in [-0.15, -0.1) is 0 Å². The van der Waals surface area contributed by atoms with Gasteiger partial charge < -0.3 is 10.2 Å². The summed E-state index contributed by atoms with van der Waals surface area (Å²) in [5.41, 5.74) is 0.190. The second-order valence-electron chi connectivity index (χ2n) is 7.85. The molecule has 1 heterocycles. The summed E-state index contributed by atoms with van der Waals surface area (Å²) < 4.78 is 3.08. The van der Waals surface area contributed by atoms with E-state index in [4.69, 9.17) is 0 Å². The van der Waals surface area contributed by atoms with Crippen molar-refractivity contribution >= 4 is 5.82 Å². The lowest BCUT2D eigenvalue weighted by Crippen LogP contribution is -2.47. The molecule has 2 rings (SSSR count). The number of anilines is 1. The summed E-state index contributed by atoms with van der Waals surface area (Å²) in [6.07, 6.45) is 6.24. The summed E-state index contributed by atoms with van der Waals surface area (Å²) in [4.78, 5) is 28.0. The first-order valence-electron chi connectivity index (χ1n) is 11.0. The molecule has 0 bridgehead atoms. The lowest BCUT2D eigenvalue weighted by Gasteiger charge is -2.29. The number of hydrogen-bond donors (Lipinski definition) is 2. The van der Waals surface area contributed by atoms with E-state index in [1.54, 1.807) is 4.57 Å². The van der Waals surface area contributed by atoms with Crippen molar-refractivity contribution < 1.29 is 0 Å². The molecule has 1 saturated carbocycles. The zero-order chi connectivity index (χ0) is 20.7. The highest BCUT2D eigenvalue weighted by Gasteiger charge is 2.20. The van der Waals surface area contributed by atoms with Crippen molar-refractivity contribution in [3.8, 4) is 0 Å². The minimum absolute atomic E-state index is 0.00206. The van der Waals surface area contributed by atoms with E-state index in [2.05, 4.69) is 36.3 Å². The third-order valence-electron chi connectivity index (χ3n) is 5.95. The van der Waals surface area contributed by atoms with Crippen molar-refractivity contribution in [3.05, 3.63) is 26.4 Å². The van der Waals surface area contributed by atoms with Crippen LogP contribution in [0.15, 0.2) is 9.59 Å². The molecule has 28 heavy (non-hydrogen) atoms. The summed E-state index contributed by atoms with van der Waals surface area (Å²) in [6.45, 7) is 13.6. The van der Waals surface area contributed by atoms with Gasteiger partial charge in [0.2, 0.25) is 0 Å². The summed E-state index contributed by atoms with van der Waals surface area (Å²) in [7, 11) is 0. The molecule has 1 aromatic rings. The quantitative estimate of drug-likeness (QED) is 0.597. The van der Waals surface area contributed by atoms with Gasteiger partial charge in [0, 0.05) is 25.7 Å². The summed E-state index contributed by atoms with van der Waals surface area (Å²) in [6, 6.07) is 0.503. The van der Waals surface area contributed by atoms with Crippen LogP contribution in [0, 0.1) is 6.92 Å². The van der Waals surface area contributed by atoms with Gasteiger partial charge in [0.05, 0.1) is 11.7 Å². The lowest BCUT2D eigenvalue weighted by atomic mass is 9.95. The van der Waals surface area contributed by atoms with E-state index in [9.17, 15) is 9.59 Å². The summed E-state index contributed by atoms with van der Waals surface area (Å²) >= 11 is 0. The molecule has 1 unspecified atom stereocenters. The molecule has 0 saturated heterocycles. The maximum Gasteiger partial charge on any atom is 0.332 e. The third kappa shape index (κ3) is 5.47. The van der Waals surface area contributed by atoms with Gasteiger partial charge in [-0.25, -0.2) is 4.79 Å². The van der Waals surface area contributed by atoms with E-state index in [1.165, 1.54) is 36.7 Å². The van der Waals surface area contributed by atoms with Crippen LogP contribution >= 0.6 is 0 Å². The van der Waals surface area contributed by atoms with Crippen LogP contribution in [0.2, 0.25) is 0 Å². The normalized spacial score (nSPS) is 16.5. The van der Waals surface area contributed by atoms with Gasteiger partial charge in [0.25, 0.3) is 5.56 Å². The number of hydrogen-bond acceptors (Lipinski definition) is 5. The molecule has 0 radical (unpaired) electrons. The van der Waals surface area contributed by atoms with Crippen molar-refractivity contribution in [2.24, 2.45) is 0 Å². The van der Waals surface area contributed by atoms with E-state index in [0.717, 1.165) is 19.6 Å². The Morgan fingerprint density at radius 2 is 1.71 bits per heavy atom. The second-order valence-corrected chi connectivity index (χ2v) is 7.85.